The molecule has 4 amide bonds. The fourth-order valence-electron chi connectivity index (χ4n) is 9.31. The van der Waals surface area contributed by atoms with Gasteiger partial charge in [0.2, 0.25) is 11.8 Å². The van der Waals surface area contributed by atoms with Crippen molar-refractivity contribution in [3.8, 4) is 23.0 Å². The Labute approximate surface area is 327 Å². The Hall–Kier alpha value is -5.52. The number of benzene rings is 4. The number of amides is 4. The number of hydrogen-bond acceptors (Lipinski definition) is 9. The van der Waals surface area contributed by atoms with Crippen LogP contribution in [0.5, 0.6) is 23.0 Å². The number of hydrazine groups is 1. The van der Waals surface area contributed by atoms with Gasteiger partial charge >= 0.3 is 0 Å². The lowest BCUT2D eigenvalue weighted by Gasteiger charge is -2.50. The van der Waals surface area contributed by atoms with Crippen LogP contribution >= 0.6 is 23.2 Å². The molecule has 8 rings (SSSR count). The maximum absolute atomic E-state index is 15.5. The first-order chi connectivity index (χ1) is 26.5. The molecule has 11 nitrogen and oxygen atoms in total. The van der Waals surface area contributed by atoms with E-state index in [9.17, 15) is 14.7 Å². The van der Waals surface area contributed by atoms with E-state index in [1.807, 2.05) is 36.4 Å². The summed E-state index contributed by atoms with van der Waals surface area (Å²) in [5.74, 6) is -5.25. The second-order valence-corrected chi connectivity index (χ2v) is 15.1. The molecule has 2 heterocycles. The van der Waals surface area contributed by atoms with E-state index in [1.54, 1.807) is 42.5 Å². The molecule has 0 radical (unpaired) electrons. The van der Waals surface area contributed by atoms with E-state index >= 15 is 9.59 Å². The maximum atomic E-state index is 15.5. The summed E-state index contributed by atoms with van der Waals surface area (Å²) in [5.41, 5.74) is 3.73. The molecule has 2 saturated heterocycles. The first-order valence-corrected chi connectivity index (χ1v) is 18.6. The number of fused-ring (bicyclic) bond motifs is 4. The van der Waals surface area contributed by atoms with Crippen molar-refractivity contribution in [1.29, 1.82) is 0 Å². The van der Waals surface area contributed by atoms with E-state index < -0.39 is 46.8 Å². The summed E-state index contributed by atoms with van der Waals surface area (Å²) in [5, 5.41) is 13.5. The average molecular weight is 783 g/mol. The Morgan fingerprint density at radius 1 is 0.818 bits per heavy atom. The molecule has 0 spiro atoms. The van der Waals surface area contributed by atoms with Crippen LogP contribution in [-0.2, 0) is 31.1 Å². The van der Waals surface area contributed by atoms with E-state index in [1.165, 1.54) is 38.4 Å². The average Bonchev–Trinajstić information content (AvgIpc) is 3.56. The number of methoxy groups -OCH3 is 3. The minimum absolute atomic E-state index is 0.0596. The molecule has 6 unspecified atom stereocenters. The third-order valence-electron chi connectivity index (χ3n) is 11.7. The van der Waals surface area contributed by atoms with Crippen LogP contribution in [-0.4, -0.2) is 60.0 Å². The predicted molar refractivity (Wildman–Crippen MR) is 204 cm³/mol. The molecule has 4 aromatic rings. The lowest BCUT2D eigenvalue weighted by atomic mass is 9.49. The Balaban J connectivity index is 1.35. The topological polar surface area (TPSA) is 135 Å². The van der Waals surface area contributed by atoms with E-state index in [4.69, 9.17) is 37.4 Å². The quantitative estimate of drug-likeness (QED) is 0.137. The molecule has 2 aliphatic heterocycles. The number of phenolic OH excluding ortho intramolecular Hbond substituents is 1. The number of carbonyl (C=O) groups excluding carboxylic acids is 4. The zero-order chi connectivity index (χ0) is 38.8. The second-order valence-electron chi connectivity index (χ2n) is 14.2. The summed E-state index contributed by atoms with van der Waals surface area (Å²) in [6, 6.07) is 23.9. The smallest absolute Gasteiger partial charge is 0.260 e. The van der Waals surface area contributed by atoms with Crippen LogP contribution in [0.25, 0.3) is 0 Å². The summed E-state index contributed by atoms with van der Waals surface area (Å²) in [4.78, 5) is 60.4. The number of likely N-dealkylation sites (tertiary alicyclic amines) is 1. The predicted octanol–water partition coefficient (Wildman–Crippen LogP) is 6.91. The van der Waals surface area contributed by atoms with Crippen LogP contribution in [0.4, 0.5) is 5.69 Å². The van der Waals surface area contributed by atoms with Gasteiger partial charge in [-0.05, 0) is 60.2 Å². The van der Waals surface area contributed by atoms with Gasteiger partial charge in [-0.25, -0.2) is 0 Å². The minimum Gasteiger partial charge on any atom is -0.507 e. The van der Waals surface area contributed by atoms with Gasteiger partial charge in [0.05, 0.1) is 61.8 Å². The number of rotatable bonds is 9. The van der Waals surface area contributed by atoms with Gasteiger partial charge in [0.1, 0.15) is 23.0 Å². The number of allylic oxidation sites excluding steroid dienone is 2. The largest absolute Gasteiger partial charge is 0.507 e. The molecule has 4 aliphatic rings. The highest BCUT2D eigenvalue weighted by Gasteiger charge is 2.71. The van der Waals surface area contributed by atoms with Crippen molar-refractivity contribution in [2.45, 2.75) is 30.7 Å². The van der Waals surface area contributed by atoms with Crippen LogP contribution in [0.1, 0.15) is 35.4 Å². The van der Waals surface area contributed by atoms with Gasteiger partial charge in [0, 0.05) is 28.6 Å². The molecule has 2 aliphatic carbocycles. The van der Waals surface area contributed by atoms with Crippen molar-refractivity contribution in [3.63, 3.8) is 0 Å². The van der Waals surface area contributed by atoms with Gasteiger partial charge in [0.25, 0.3) is 11.8 Å². The Bertz CT molecular complexity index is 2260. The van der Waals surface area contributed by atoms with Crippen LogP contribution in [0.15, 0.2) is 96.6 Å². The highest BCUT2D eigenvalue weighted by atomic mass is 35.5. The molecule has 282 valence electrons. The number of imide groups is 2. The highest BCUT2D eigenvalue weighted by Crippen LogP contribution is 2.66. The van der Waals surface area contributed by atoms with Crippen molar-refractivity contribution in [2.75, 3.05) is 26.8 Å². The lowest BCUT2D eigenvalue weighted by molar-refractivity contribution is -0.142. The highest BCUT2D eigenvalue weighted by molar-refractivity contribution is 6.36. The molecule has 3 fully saturated rings. The van der Waals surface area contributed by atoms with E-state index in [0.29, 0.717) is 27.7 Å². The zero-order valence-electron chi connectivity index (χ0n) is 30.1. The van der Waals surface area contributed by atoms with Crippen molar-refractivity contribution in [3.05, 3.63) is 123 Å². The van der Waals surface area contributed by atoms with Crippen molar-refractivity contribution in [2.24, 2.45) is 23.7 Å². The molecular weight excluding hydrogens is 745 g/mol. The number of phenols is 1. The van der Waals surface area contributed by atoms with Crippen LogP contribution < -0.4 is 19.6 Å². The molecule has 55 heavy (non-hydrogen) atoms. The molecule has 13 heteroatoms. The fourth-order valence-corrected chi connectivity index (χ4v) is 9.76. The first-order valence-electron chi connectivity index (χ1n) is 17.8. The van der Waals surface area contributed by atoms with Crippen LogP contribution in [0, 0.1) is 23.7 Å². The molecule has 6 atom stereocenters. The van der Waals surface area contributed by atoms with Gasteiger partial charge < -0.3 is 19.3 Å². The van der Waals surface area contributed by atoms with Crippen LogP contribution in [0.2, 0.25) is 10.0 Å². The van der Waals surface area contributed by atoms with Crippen LogP contribution in [0.3, 0.4) is 0 Å². The summed E-state index contributed by atoms with van der Waals surface area (Å²) in [6.07, 6.45) is 2.20. The molecular formula is C42H37Cl2N3O8. The third kappa shape index (κ3) is 5.62. The number of halogens is 2. The Morgan fingerprint density at radius 2 is 1.55 bits per heavy atom. The van der Waals surface area contributed by atoms with Gasteiger partial charge in [-0.2, -0.15) is 5.01 Å². The Kier molecular flexibility index (Phi) is 9.25. The number of aromatic hydroxyl groups is 1. The van der Waals surface area contributed by atoms with E-state index in [0.717, 1.165) is 10.6 Å². The standard InChI is InChI=1S/C42H37Cl2N3O8/c1-53-25-12-9-23(10-13-25)42-30(39(50)47(41(42)52)45-32-16-11-24(43)17-31(32)44)20-29-27(37(42)36-33(48)18-26(54-2)19-34(36)55-3)14-15-28-35(29)40(51)46(38(28)49)21-22-7-5-4-6-8-22/h4-14,16-19,28-30,35,37,45,48H,15,20-21H2,1-3H3. The summed E-state index contributed by atoms with van der Waals surface area (Å²) in [6.45, 7) is 0.111. The zero-order valence-corrected chi connectivity index (χ0v) is 31.6. The monoisotopic (exact) mass is 781 g/mol. The van der Waals surface area contributed by atoms with E-state index in [2.05, 4.69) is 5.43 Å². The van der Waals surface area contributed by atoms with Gasteiger partial charge in [-0.15, -0.1) is 0 Å². The molecule has 4 aromatic carbocycles. The third-order valence-corrected chi connectivity index (χ3v) is 12.2. The number of hydrogen-bond donors (Lipinski definition) is 2. The molecule has 1 saturated carbocycles. The van der Waals surface area contributed by atoms with Gasteiger partial charge in [0.15, 0.2) is 0 Å². The first kappa shape index (κ1) is 36.5. The molecule has 0 bridgehead atoms. The molecule has 0 aromatic heterocycles. The summed E-state index contributed by atoms with van der Waals surface area (Å²) >= 11 is 12.7. The summed E-state index contributed by atoms with van der Waals surface area (Å²) < 4.78 is 16.9. The molecule has 2 N–H and O–H groups in total. The minimum atomic E-state index is -1.70. The number of ether oxygens (including phenoxy) is 3. The number of carbonyl (C=O) groups is 4. The van der Waals surface area contributed by atoms with E-state index in [-0.39, 0.29) is 59.0 Å². The fraction of sp³-hybridized carbons (Fsp3) is 0.286. The van der Waals surface area contributed by atoms with Crippen molar-refractivity contribution in [1.82, 2.24) is 9.91 Å². The van der Waals surface area contributed by atoms with Crippen molar-refractivity contribution < 1.29 is 38.5 Å². The second kappa shape index (κ2) is 14.0. The number of nitrogens with one attached hydrogen (secondary N) is 1. The summed E-state index contributed by atoms with van der Waals surface area (Å²) in [7, 11) is 4.43. The normalized spacial score (nSPS) is 25.6. The Morgan fingerprint density at radius 3 is 2.22 bits per heavy atom. The van der Waals surface area contributed by atoms with Crippen molar-refractivity contribution >= 4 is 52.5 Å². The van der Waals surface area contributed by atoms with Gasteiger partial charge in [-0.1, -0.05) is 77.3 Å². The van der Waals surface area contributed by atoms with Gasteiger partial charge in [-0.3, -0.25) is 29.5 Å². The number of nitrogens with zero attached hydrogens (tertiary/aromatic N) is 2. The maximum Gasteiger partial charge on any atom is 0.260 e. The number of anilines is 1. The SMILES string of the molecule is COc1ccc(C23C(=O)N(Nc4ccc(Cl)cc4Cl)C(=O)C2CC2C(=CCC4C(=O)N(Cc5ccccc5)C(=O)C42)C3c2c(O)cc(OC)cc2OC)cc1. The lowest BCUT2D eigenvalue weighted by Crippen LogP contribution is -2.53.